The zero-order valence-corrected chi connectivity index (χ0v) is 15.0. The van der Waals surface area contributed by atoms with Crippen molar-refractivity contribution in [3.63, 3.8) is 0 Å². The van der Waals surface area contributed by atoms with Gasteiger partial charge in [0.2, 0.25) is 0 Å². The van der Waals surface area contributed by atoms with Gasteiger partial charge in [0.05, 0.1) is 4.92 Å². The lowest BCUT2D eigenvalue weighted by atomic mass is 9.66. The number of hydrogen-bond acceptors (Lipinski definition) is 5. The summed E-state index contributed by atoms with van der Waals surface area (Å²) >= 11 is 0. The molecule has 6 nitrogen and oxygen atoms in total. The molecule has 0 bridgehead atoms. The van der Waals surface area contributed by atoms with E-state index in [4.69, 9.17) is 4.42 Å². The summed E-state index contributed by atoms with van der Waals surface area (Å²) in [4.78, 5) is 23.0. The fourth-order valence-corrected chi connectivity index (χ4v) is 4.14. The van der Waals surface area contributed by atoms with E-state index in [1.54, 1.807) is 24.3 Å². The standard InChI is InChI=1S/C19H24N2O4/c1-11-9-19(3,4)10-14(12(11)2)20-16-13-7-5-6-8-15(13)25-18(22)17(16)21(23)24/h5-8,11-12,14,20H,9-10H2,1-4H3/t11-,12-,14+/m1/s1. The van der Waals surface area contributed by atoms with Gasteiger partial charge in [0.1, 0.15) is 11.3 Å². The van der Waals surface area contributed by atoms with E-state index in [-0.39, 0.29) is 17.1 Å². The molecular weight excluding hydrogens is 320 g/mol. The molecule has 1 heterocycles. The largest absolute Gasteiger partial charge is 0.418 e. The molecule has 134 valence electrons. The van der Waals surface area contributed by atoms with Gasteiger partial charge < -0.3 is 9.73 Å². The third-order valence-corrected chi connectivity index (χ3v) is 5.48. The summed E-state index contributed by atoms with van der Waals surface area (Å²) in [7, 11) is 0. The van der Waals surface area contributed by atoms with Crippen molar-refractivity contribution >= 4 is 22.3 Å². The van der Waals surface area contributed by atoms with Crippen molar-refractivity contribution in [2.75, 3.05) is 5.32 Å². The van der Waals surface area contributed by atoms with E-state index in [0.717, 1.165) is 12.8 Å². The molecule has 1 saturated carbocycles. The van der Waals surface area contributed by atoms with Crippen LogP contribution < -0.4 is 10.9 Å². The lowest BCUT2D eigenvalue weighted by Crippen LogP contribution is -2.42. The van der Waals surface area contributed by atoms with Gasteiger partial charge in [0.15, 0.2) is 0 Å². The third-order valence-electron chi connectivity index (χ3n) is 5.48. The van der Waals surface area contributed by atoms with Gasteiger partial charge in [-0.15, -0.1) is 0 Å². The number of anilines is 1. The topological polar surface area (TPSA) is 85.4 Å². The maximum atomic E-state index is 12.2. The van der Waals surface area contributed by atoms with Crippen LogP contribution in [0.4, 0.5) is 11.4 Å². The first-order valence-electron chi connectivity index (χ1n) is 8.66. The van der Waals surface area contributed by atoms with Crippen molar-refractivity contribution in [3.05, 3.63) is 44.8 Å². The van der Waals surface area contributed by atoms with Gasteiger partial charge in [-0.25, -0.2) is 4.79 Å². The van der Waals surface area contributed by atoms with Gasteiger partial charge in [0.25, 0.3) is 0 Å². The SMILES string of the molecule is C[C@@H]1[C@H](C)CC(C)(C)C[C@@H]1Nc1c([N+](=O)[O-])c(=O)oc2ccccc12. The van der Waals surface area contributed by atoms with Crippen LogP contribution in [0.3, 0.4) is 0 Å². The number of nitrogens with zero attached hydrogens (tertiary/aromatic N) is 1. The Kier molecular flexibility index (Phi) is 4.31. The first kappa shape index (κ1) is 17.5. The molecular formula is C19H24N2O4. The number of fused-ring (bicyclic) bond motifs is 1. The monoisotopic (exact) mass is 344 g/mol. The van der Waals surface area contributed by atoms with Gasteiger partial charge in [-0.2, -0.15) is 0 Å². The van der Waals surface area contributed by atoms with Gasteiger partial charge >= 0.3 is 11.3 Å². The molecule has 25 heavy (non-hydrogen) atoms. The Morgan fingerprint density at radius 2 is 1.92 bits per heavy atom. The van der Waals surface area contributed by atoms with Crippen molar-refractivity contribution in [2.24, 2.45) is 17.3 Å². The maximum Gasteiger partial charge on any atom is 0.417 e. The number of hydrogen-bond donors (Lipinski definition) is 1. The van der Waals surface area contributed by atoms with E-state index >= 15 is 0 Å². The van der Waals surface area contributed by atoms with Crippen molar-refractivity contribution < 1.29 is 9.34 Å². The van der Waals surface area contributed by atoms with Crippen LogP contribution >= 0.6 is 0 Å². The second-order valence-electron chi connectivity index (χ2n) is 8.03. The molecule has 6 heteroatoms. The molecule has 2 aromatic rings. The first-order valence-corrected chi connectivity index (χ1v) is 8.66. The second kappa shape index (κ2) is 6.17. The fourth-order valence-electron chi connectivity index (χ4n) is 4.14. The second-order valence-corrected chi connectivity index (χ2v) is 8.03. The summed E-state index contributed by atoms with van der Waals surface area (Å²) in [6, 6.07) is 6.99. The normalized spacial score (nSPS) is 25.7. The molecule has 1 aliphatic rings. The van der Waals surface area contributed by atoms with Gasteiger partial charge in [-0.05, 0) is 42.2 Å². The summed E-state index contributed by atoms with van der Waals surface area (Å²) in [5.41, 5.74) is -0.646. The minimum absolute atomic E-state index is 0.0580. The van der Waals surface area contributed by atoms with E-state index in [1.807, 2.05) is 0 Å². The molecule has 3 atom stereocenters. The molecule has 0 amide bonds. The summed E-state index contributed by atoms with van der Waals surface area (Å²) in [6.07, 6.45) is 2.01. The number of benzene rings is 1. The van der Waals surface area contributed by atoms with E-state index in [2.05, 4.69) is 33.0 Å². The smallest absolute Gasteiger partial charge is 0.417 e. The van der Waals surface area contributed by atoms with Crippen LogP contribution in [-0.4, -0.2) is 11.0 Å². The van der Waals surface area contributed by atoms with Crippen LogP contribution in [0.1, 0.15) is 40.5 Å². The highest BCUT2D eigenvalue weighted by atomic mass is 16.6. The molecule has 0 saturated heterocycles. The van der Waals surface area contributed by atoms with E-state index in [9.17, 15) is 14.9 Å². The Morgan fingerprint density at radius 1 is 1.24 bits per heavy atom. The average Bonchev–Trinajstić information content (AvgIpc) is 2.51. The van der Waals surface area contributed by atoms with Crippen LogP contribution in [-0.2, 0) is 0 Å². The maximum absolute atomic E-state index is 12.2. The predicted molar refractivity (Wildman–Crippen MR) is 97.9 cm³/mol. The lowest BCUT2D eigenvalue weighted by Gasteiger charge is -2.44. The van der Waals surface area contributed by atoms with E-state index in [0.29, 0.717) is 22.8 Å². The zero-order valence-electron chi connectivity index (χ0n) is 15.0. The average molecular weight is 344 g/mol. The molecule has 1 aromatic heterocycles. The molecule has 1 N–H and O–H groups in total. The van der Waals surface area contributed by atoms with Crippen LogP contribution in [0.5, 0.6) is 0 Å². The number of para-hydroxylation sites is 1. The third kappa shape index (κ3) is 3.25. The van der Waals surface area contributed by atoms with Crippen LogP contribution in [0.15, 0.2) is 33.5 Å². The highest BCUT2D eigenvalue weighted by Gasteiger charge is 2.38. The highest BCUT2D eigenvalue weighted by Crippen LogP contribution is 2.43. The van der Waals surface area contributed by atoms with Gasteiger partial charge in [0, 0.05) is 11.4 Å². The molecule has 1 aromatic carbocycles. The lowest BCUT2D eigenvalue weighted by molar-refractivity contribution is -0.386. The van der Waals surface area contributed by atoms with Crippen LogP contribution in [0.25, 0.3) is 11.0 Å². The number of rotatable bonds is 3. The molecule has 3 rings (SSSR count). The Hall–Kier alpha value is -2.37. The molecule has 0 aliphatic heterocycles. The molecule has 0 radical (unpaired) electrons. The zero-order chi connectivity index (χ0) is 18.4. The number of nitrogens with one attached hydrogen (secondary N) is 1. The van der Waals surface area contributed by atoms with Crippen molar-refractivity contribution in [3.8, 4) is 0 Å². The first-order chi connectivity index (χ1) is 11.7. The Morgan fingerprint density at radius 3 is 2.60 bits per heavy atom. The van der Waals surface area contributed by atoms with E-state index in [1.165, 1.54) is 0 Å². The summed E-state index contributed by atoms with van der Waals surface area (Å²) in [6.45, 7) is 8.81. The van der Waals surface area contributed by atoms with Crippen molar-refractivity contribution in [1.29, 1.82) is 0 Å². The van der Waals surface area contributed by atoms with Gasteiger partial charge in [-0.3, -0.25) is 10.1 Å². The number of nitro groups is 1. The van der Waals surface area contributed by atoms with Crippen molar-refractivity contribution in [1.82, 2.24) is 0 Å². The quantitative estimate of drug-likeness (QED) is 0.500. The molecule has 1 fully saturated rings. The Balaban J connectivity index is 2.13. The molecule has 1 aliphatic carbocycles. The summed E-state index contributed by atoms with van der Waals surface area (Å²) in [5, 5.41) is 15.4. The highest BCUT2D eigenvalue weighted by molar-refractivity contribution is 5.94. The molecule has 0 spiro atoms. The Labute approximate surface area is 146 Å². The molecule has 0 unspecified atom stereocenters. The van der Waals surface area contributed by atoms with Crippen LogP contribution in [0, 0.1) is 27.4 Å². The fraction of sp³-hybridized carbons (Fsp3) is 0.526. The predicted octanol–water partition coefficient (Wildman–Crippen LogP) is 4.57. The van der Waals surface area contributed by atoms with Crippen LogP contribution in [0.2, 0.25) is 0 Å². The van der Waals surface area contributed by atoms with E-state index < -0.39 is 16.2 Å². The van der Waals surface area contributed by atoms with Crippen molar-refractivity contribution in [2.45, 2.75) is 46.6 Å². The summed E-state index contributed by atoms with van der Waals surface area (Å²) < 4.78 is 5.14. The Bertz CT molecular complexity index is 871. The minimum atomic E-state index is -0.915. The van der Waals surface area contributed by atoms with Gasteiger partial charge in [-0.1, -0.05) is 39.8 Å². The minimum Gasteiger partial charge on any atom is -0.418 e. The summed E-state index contributed by atoms with van der Waals surface area (Å²) in [5.74, 6) is 0.838.